The van der Waals surface area contributed by atoms with Crippen LogP contribution in [0.25, 0.3) is 11.5 Å². The van der Waals surface area contributed by atoms with Crippen LogP contribution in [0.15, 0.2) is 53.8 Å². The third-order valence-electron chi connectivity index (χ3n) is 3.76. The van der Waals surface area contributed by atoms with Gasteiger partial charge >= 0.3 is 0 Å². The van der Waals surface area contributed by atoms with E-state index in [0.717, 1.165) is 35.9 Å². The Bertz CT molecular complexity index is 881. The summed E-state index contributed by atoms with van der Waals surface area (Å²) in [6, 6.07) is 12.9. The minimum atomic E-state index is -0.101. The Hall–Kier alpha value is -2.87. The van der Waals surface area contributed by atoms with Crippen molar-refractivity contribution >= 4 is 23.4 Å². The van der Waals surface area contributed by atoms with Crippen molar-refractivity contribution < 1.29 is 9.53 Å². The summed E-state index contributed by atoms with van der Waals surface area (Å²) in [6.07, 6.45) is 2.67. The van der Waals surface area contributed by atoms with E-state index in [2.05, 4.69) is 27.4 Å². The lowest BCUT2D eigenvalue weighted by Crippen LogP contribution is -2.14. The Labute approximate surface area is 162 Å². The molecular formula is C19H21N5O2S. The van der Waals surface area contributed by atoms with Crippen molar-refractivity contribution in [3.63, 3.8) is 0 Å². The van der Waals surface area contributed by atoms with Gasteiger partial charge in [-0.15, -0.1) is 10.2 Å². The van der Waals surface area contributed by atoms with Gasteiger partial charge in [-0.1, -0.05) is 24.8 Å². The van der Waals surface area contributed by atoms with Crippen LogP contribution in [0.4, 0.5) is 5.69 Å². The molecule has 0 aliphatic carbocycles. The molecule has 0 aliphatic heterocycles. The van der Waals surface area contributed by atoms with Gasteiger partial charge in [0.2, 0.25) is 5.91 Å². The van der Waals surface area contributed by atoms with E-state index < -0.39 is 0 Å². The molecule has 8 heteroatoms. The maximum atomic E-state index is 12.3. The number of hydrogen-bond donors (Lipinski definition) is 1. The molecule has 2 aromatic heterocycles. The van der Waals surface area contributed by atoms with Crippen LogP contribution in [0.3, 0.4) is 0 Å². The number of nitrogens with zero attached hydrogens (tertiary/aromatic N) is 4. The van der Waals surface area contributed by atoms with Gasteiger partial charge < -0.3 is 14.6 Å². The summed E-state index contributed by atoms with van der Waals surface area (Å²) in [5.41, 5.74) is 1.50. The number of amides is 1. The Balaban J connectivity index is 1.66. The van der Waals surface area contributed by atoms with Gasteiger partial charge in [-0.05, 0) is 42.8 Å². The molecule has 0 aliphatic rings. The fourth-order valence-electron chi connectivity index (χ4n) is 2.51. The van der Waals surface area contributed by atoms with Gasteiger partial charge in [-0.3, -0.25) is 9.78 Å². The van der Waals surface area contributed by atoms with Crippen LogP contribution < -0.4 is 10.1 Å². The van der Waals surface area contributed by atoms with E-state index in [1.165, 1.54) is 11.8 Å². The van der Waals surface area contributed by atoms with Crippen molar-refractivity contribution in [3.05, 3.63) is 48.7 Å². The van der Waals surface area contributed by atoms with E-state index in [1.54, 1.807) is 37.6 Å². The molecule has 1 amide bonds. The summed E-state index contributed by atoms with van der Waals surface area (Å²) in [5, 5.41) is 12.1. The molecule has 0 fully saturated rings. The predicted molar refractivity (Wildman–Crippen MR) is 106 cm³/mol. The van der Waals surface area contributed by atoms with E-state index in [4.69, 9.17) is 4.74 Å². The second-order valence-electron chi connectivity index (χ2n) is 5.74. The second-order valence-corrected chi connectivity index (χ2v) is 6.68. The molecule has 0 saturated heterocycles. The van der Waals surface area contributed by atoms with Crippen molar-refractivity contribution in [1.29, 1.82) is 0 Å². The molecule has 0 atom stereocenters. The molecule has 1 N–H and O–H groups in total. The normalized spacial score (nSPS) is 10.6. The molecule has 3 aromatic rings. The SMILES string of the molecule is CCCn1c(SCC(=O)Nc2ccc(OC)cc2)nnc1-c1ccccn1. The Morgan fingerprint density at radius 1 is 1.19 bits per heavy atom. The first kappa shape index (κ1) is 18.9. The molecule has 0 spiro atoms. The number of aromatic nitrogens is 4. The van der Waals surface area contributed by atoms with Crippen LogP contribution in [0.5, 0.6) is 5.75 Å². The fraction of sp³-hybridized carbons (Fsp3) is 0.263. The minimum absolute atomic E-state index is 0.101. The zero-order valence-corrected chi connectivity index (χ0v) is 16.1. The van der Waals surface area contributed by atoms with E-state index in [0.29, 0.717) is 5.16 Å². The third-order valence-corrected chi connectivity index (χ3v) is 4.73. The molecule has 7 nitrogen and oxygen atoms in total. The molecule has 0 radical (unpaired) electrons. The number of thioether (sulfide) groups is 1. The highest BCUT2D eigenvalue weighted by atomic mass is 32.2. The number of benzene rings is 1. The van der Waals surface area contributed by atoms with Crippen molar-refractivity contribution in [2.24, 2.45) is 0 Å². The second kappa shape index (κ2) is 9.18. The highest BCUT2D eigenvalue weighted by molar-refractivity contribution is 7.99. The number of nitrogens with one attached hydrogen (secondary N) is 1. The fourth-order valence-corrected chi connectivity index (χ4v) is 3.27. The molecule has 3 rings (SSSR count). The molecule has 2 heterocycles. The van der Waals surface area contributed by atoms with Crippen LogP contribution in [-0.4, -0.2) is 38.5 Å². The molecule has 27 heavy (non-hydrogen) atoms. The molecule has 0 saturated carbocycles. The third kappa shape index (κ3) is 4.85. The molecule has 140 valence electrons. The summed E-state index contributed by atoms with van der Waals surface area (Å²) in [7, 11) is 1.61. The molecular weight excluding hydrogens is 362 g/mol. The van der Waals surface area contributed by atoms with Crippen molar-refractivity contribution in [1.82, 2.24) is 19.7 Å². The summed E-state index contributed by atoms with van der Waals surface area (Å²) < 4.78 is 7.12. The Morgan fingerprint density at radius 3 is 2.67 bits per heavy atom. The van der Waals surface area contributed by atoms with E-state index in [1.807, 2.05) is 22.8 Å². The quantitative estimate of drug-likeness (QED) is 0.600. The minimum Gasteiger partial charge on any atom is -0.497 e. The number of carbonyl (C=O) groups is 1. The summed E-state index contributed by atoms with van der Waals surface area (Å²) in [4.78, 5) is 16.6. The molecule has 0 bridgehead atoms. The monoisotopic (exact) mass is 383 g/mol. The number of ether oxygens (including phenoxy) is 1. The van der Waals surface area contributed by atoms with Crippen LogP contribution in [0, 0.1) is 0 Å². The summed E-state index contributed by atoms with van der Waals surface area (Å²) >= 11 is 1.36. The van der Waals surface area contributed by atoms with Gasteiger partial charge in [0, 0.05) is 18.4 Å². The number of carbonyl (C=O) groups excluding carboxylic acids is 1. The van der Waals surface area contributed by atoms with Crippen LogP contribution in [0.1, 0.15) is 13.3 Å². The number of anilines is 1. The number of hydrogen-bond acceptors (Lipinski definition) is 6. The van der Waals surface area contributed by atoms with Crippen molar-refractivity contribution in [2.45, 2.75) is 25.0 Å². The zero-order chi connectivity index (χ0) is 19.1. The lowest BCUT2D eigenvalue weighted by atomic mass is 10.3. The van der Waals surface area contributed by atoms with Crippen LogP contribution >= 0.6 is 11.8 Å². The van der Waals surface area contributed by atoms with E-state index in [9.17, 15) is 4.79 Å². The van der Waals surface area contributed by atoms with Crippen molar-refractivity contribution in [2.75, 3.05) is 18.2 Å². The van der Waals surface area contributed by atoms with Gasteiger partial charge in [0.1, 0.15) is 11.4 Å². The highest BCUT2D eigenvalue weighted by Crippen LogP contribution is 2.23. The predicted octanol–water partition coefficient (Wildman–Crippen LogP) is 3.49. The van der Waals surface area contributed by atoms with Crippen molar-refractivity contribution in [3.8, 4) is 17.3 Å². The van der Waals surface area contributed by atoms with E-state index in [-0.39, 0.29) is 11.7 Å². The van der Waals surface area contributed by atoms with Gasteiger partial charge in [-0.2, -0.15) is 0 Å². The standard InChI is InChI=1S/C19H21N5O2S/c1-3-12-24-18(16-6-4-5-11-20-16)22-23-19(24)27-13-17(25)21-14-7-9-15(26-2)10-8-14/h4-11H,3,12-13H2,1-2H3,(H,21,25). The lowest BCUT2D eigenvalue weighted by molar-refractivity contribution is -0.113. The summed E-state index contributed by atoms with van der Waals surface area (Å²) in [5.74, 6) is 1.61. The van der Waals surface area contributed by atoms with Gasteiger partial charge in [0.05, 0.1) is 12.9 Å². The maximum Gasteiger partial charge on any atom is 0.234 e. The zero-order valence-electron chi connectivity index (χ0n) is 15.3. The average Bonchev–Trinajstić information content (AvgIpc) is 3.10. The Kier molecular flexibility index (Phi) is 6.43. The van der Waals surface area contributed by atoms with E-state index >= 15 is 0 Å². The average molecular weight is 383 g/mol. The first-order chi connectivity index (χ1) is 13.2. The van der Waals surface area contributed by atoms with Gasteiger partial charge in [0.25, 0.3) is 0 Å². The largest absolute Gasteiger partial charge is 0.497 e. The molecule has 1 aromatic carbocycles. The topological polar surface area (TPSA) is 81.9 Å². The maximum absolute atomic E-state index is 12.3. The number of methoxy groups -OCH3 is 1. The summed E-state index contributed by atoms with van der Waals surface area (Å²) in [6.45, 7) is 2.86. The smallest absolute Gasteiger partial charge is 0.234 e. The Morgan fingerprint density at radius 2 is 2.00 bits per heavy atom. The molecule has 0 unspecified atom stereocenters. The number of rotatable bonds is 8. The number of pyridine rings is 1. The van der Waals surface area contributed by atoms with Gasteiger partial charge in [0.15, 0.2) is 11.0 Å². The highest BCUT2D eigenvalue weighted by Gasteiger charge is 2.16. The van der Waals surface area contributed by atoms with Crippen LogP contribution in [-0.2, 0) is 11.3 Å². The first-order valence-electron chi connectivity index (χ1n) is 8.62. The van der Waals surface area contributed by atoms with Gasteiger partial charge in [-0.25, -0.2) is 0 Å². The lowest BCUT2D eigenvalue weighted by Gasteiger charge is -2.09. The van der Waals surface area contributed by atoms with Crippen LogP contribution in [0.2, 0.25) is 0 Å². The first-order valence-corrected chi connectivity index (χ1v) is 9.61.